The molecule has 0 saturated carbocycles. The van der Waals surface area contributed by atoms with E-state index in [1.165, 1.54) is 0 Å². The Kier molecular flexibility index (Phi) is 2.84. The molecule has 0 aliphatic rings. The molecule has 0 atom stereocenters. The lowest BCUT2D eigenvalue weighted by Crippen LogP contribution is -1.85. The maximum atomic E-state index is 10.2. The molecule has 0 heterocycles. The molecule has 3 aromatic carbocycles. The zero-order valence-electron chi connectivity index (χ0n) is 10.6. The summed E-state index contributed by atoms with van der Waals surface area (Å²) in [6.45, 7) is 0. The molecule has 0 fully saturated rings. The lowest BCUT2D eigenvalue weighted by Gasteiger charge is -2.10. The molecule has 0 bridgehead atoms. The summed E-state index contributed by atoms with van der Waals surface area (Å²) in [5.41, 5.74) is 1.84. The number of phenolic OH excluding ortho intramolecular Hbond substituents is 1. The van der Waals surface area contributed by atoms with Crippen molar-refractivity contribution in [1.82, 2.24) is 0 Å². The van der Waals surface area contributed by atoms with E-state index in [1.54, 1.807) is 13.2 Å². The average molecular weight is 250 g/mol. The third-order valence-corrected chi connectivity index (χ3v) is 3.29. The number of fused-ring (bicyclic) bond motifs is 1. The second kappa shape index (κ2) is 4.65. The Balaban J connectivity index is 2.25. The first-order valence-corrected chi connectivity index (χ1v) is 6.15. The van der Waals surface area contributed by atoms with Gasteiger partial charge in [-0.1, -0.05) is 42.5 Å². The quantitative estimate of drug-likeness (QED) is 0.737. The van der Waals surface area contributed by atoms with E-state index in [9.17, 15) is 5.11 Å². The van der Waals surface area contributed by atoms with Crippen LogP contribution in [0.25, 0.3) is 21.9 Å². The first-order chi connectivity index (χ1) is 9.29. The molecule has 2 heteroatoms. The molecular formula is C17H14O2. The molecular weight excluding hydrogens is 236 g/mol. The first kappa shape index (κ1) is 11.6. The predicted molar refractivity (Wildman–Crippen MR) is 77.6 cm³/mol. The highest BCUT2D eigenvalue weighted by Gasteiger charge is 2.09. The fourth-order valence-electron chi connectivity index (χ4n) is 2.32. The molecule has 0 unspecified atom stereocenters. The van der Waals surface area contributed by atoms with Crippen LogP contribution in [0.15, 0.2) is 60.7 Å². The van der Waals surface area contributed by atoms with Crippen LogP contribution in [0.5, 0.6) is 11.5 Å². The maximum Gasteiger partial charge on any atom is 0.124 e. The Morgan fingerprint density at radius 2 is 1.58 bits per heavy atom. The minimum Gasteiger partial charge on any atom is -0.507 e. The zero-order chi connectivity index (χ0) is 13.2. The summed E-state index contributed by atoms with van der Waals surface area (Å²) >= 11 is 0. The predicted octanol–water partition coefficient (Wildman–Crippen LogP) is 4.22. The molecule has 3 rings (SSSR count). The van der Waals surface area contributed by atoms with Gasteiger partial charge in [0.25, 0.3) is 0 Å². The minimum atomic E-state index is 0.295. The van der Waals surface area contributed by atoms with Crippen LogP contribution >= 0.6 is 0 Å². The number of benzene rings is 3. The van der Waals surface area contributed by atoms with Crippen LogP contribution in [0.1, 0.15) is 0 Å². The Morgan fingerprint density at radius 3 is 2.32 bits per heavy atom. The number of aromatic hydroxyl groups is 1. The smallest absolute Gasteiger partial charge is 0.124 e. The van der Waals surface area contributed by atoms with Crippen molar-refractivity contribution in [2.45, 2.75) is 0 Å². The van der Waals surface area contributed by atoms with Gasteiger partial charge in [-0.05, 0) is 34.5 Å². The highest BCUT2D eigenvalue weighted by molar-refractivity contribution is 5.99. The van der Waals surface area contributed by atoms with Crippen LogP contribution < -0.4 is 4.74 Å². The van der Waals surface area contributed by atoms with Crippen LogP contribution in [0.3, 0.4) is 0 Å². The van der Waals surface area contributed by atoms with Gasteiger partial charge in [0.2, 0.25) is 0 Å². The molecule has 1 N–H and O–H groups in total. The van der Waals surface area contributed by atoms with Crippen molar-refractivity contribution >= 4 is 10.8 Å². The monoisotopic (exact) mass is 250 g/mol. The maximum absolute atomic E-state index is 10.2. The number of phenols is 1. The van der Waals surface area contributed by atoms with Crippen LogP contribution in [0, 0.1) is 0 Å². The van der Waals surface area contributed by atoms with Gasteiger partial charge >= 0.3 is 0 Å². The van der Waals surface area contributed by atoms with Crippen molar-refractivity contribution in [3.8, 4) is 22.6 Å². The molecule has 19 heavy (non-hydrogen) atoms. The summed E-state index contributed by atoms with van der Waals surface area (Å²) in [6, 6.07) is 19.4. The molecule has 0 spiro atoms. The number of hydrogen-bond donors (Lipinski definition) is 1. The third-order valence-electron chi connectivity index (χ3n) is 3.29. The van der Waals surface area contributed by atoms with Crippen molar-refractivity contribution in [1.29, 1.82) is 0 Å². The van der Waals surface area contributed by atoms with E-state index >= 15 is 0 Å². The Morgan fingerprint density at radius 1 is 0.842 bits per heavy atom. The summed E-state index contributed by atoms with van der Waals surface area (Å²) in [5, 5.41) is 12.3. The van der Waals surface area contributed by atoms with E-state index in [-0.39, 0.29) is 0 Å². The Bertz CT molecular complexity index is 715. The van der Waals surface area contributed by atoms with Crippen molar-refractivity contribution < 1.29 is 9.84 Å². The van der Waals surface area contributed by atoms with E-state index in [1.807, 2.05) is 54.6 Å². The lowest BCUT2D eigenvalue weighted by atomic mass is 9.97. The minimum absolute atomic E-state index is 0.295. The van der Waals surface area contributed by atoms with Gasteiger partial charge in [-0.15, -0.1) is 0 Å². The molecule has 3 aromatic rings. The molecule has 0 radical (unpaired) electrons. The largest absolute Gasteiger partial charge is 0.507 e. The van der Waals surface area contributed by atoms with Crippen LogP contribution in [0.2, 0.25) is 0 Å². The zero-order valence-corrected chi connectivity index (χ0v) is 10.6. The Labute approximate surface area is 111 Å². The molecule has 0 aliphatic heterocycles. The average Bonchev–Trinajstić information content (AvgIpc) is 2.47. The highest BCUT2D eigenvalue weighted by Crippen LogP contribution is 2.36. The fraction of sp³-hybridized carbons (Fsp3) is 0.0588. The van der Waals surface area contributed by atoms with Crippen molar-refractivity contribution in [3.05, 3.63) is 60.7 Å². The fourth-order valence-corrected chi connectivity index (χ4v) is 2.32. The van der Waals surface area contributed by atoms with Crippen LogP contribution in [-0.2, 0) is 0 Å². The molecule has 0 aliphatic carbocycles. The van der Waals surface area contributed by atoms with Crippen molar-refractivity contribution in [2.75, 3.05) is 7.11 Å². The number of methoxy groups -OCH3 is 1. The molecule has 0 aromatic heterocycles. The molecule has 0 amide bonds. The number of hydrogen-bond acceptors (Lipinski definition) is 2. The molecule has 94 valence electrons. The normalized spacial score (nSPS) is 10.6. The summed E-state index contributed by atoms with van der Waals surface area (Å²) in [7, 11) is 1.64. The van der Waals surface area contributed by atoms with Crippen LogP contribution in [0.4, 0.5) is 0 Å². The van der Waals surface area contributed by atoms with Gasteiger partial charge in [-0.25, -0.2) is 0 Å². The summed E-state index contributed by atoms with van der Waals surface area (Å²) < 4.78 is 5.16. The van der Waals surface area contributed by atoms with Gasteiger partial charge in [0.1, 0.15) is 11.5 Å². The molecule has 2 nitrogen and oxygen atoms in total. The van der Waals surface area contributed by atoms with E-state index < -0.39 is 0 Å². The topological polar surface area (TPSA) is 29.5 Å². The van der Waals surface area contributed by atoms with Crippen molar-refractivity contribution in [3.63, 3.8) is 0 Å². The Hall–Kier alpha value is -2.48. The van der Waals surface area contributed by atoms with Crippen molar-refractivity contribution in [2.24, 2.45) is 0 Å². The van der Waals surface area contributed by atoms with Gasteiger partial charge in [-0.2, -0.15) is 0 Å². The third kappa shape index (κ3) is 2.02. The van der Waals surface area contributed by atoms with Gasteiger partial charge in [-0.3, -0.25) is 0 Å². The number of rotatable bonds is 2. The lowest BCUT2D eigenvalue weighted by molar-refractivity contribution is 0.415. The van der Waals surface area contributed by atoms with Crippen LogP contribution in [-0.4, -0.2) is 12.2 Å². The molecule has 0 saturated heterocycles. The summed E-state index contributed by atoms with van der Waals surface area (Å²) in [6.07, 6.45) is 0. The van der Waals surface area contributed by atoms with Gasteiger partial charge in [0.15, 0.2) is 0 Å². The van der Waals surface area contributed by atoms with E-state index in [0.29, 0.717) is 5.75 Å². The second-order valence-electron chi connectivity index (χ2n) is 4.41. The first-order valence-electron chi connectivity index (χ1n) is 6.15. The highest BCUT2D eigenvalue weighted by atomic mass is 16.5. The SMILES string of the molecule is COc1ccc(-c2c(O)ccc3ccccc23)cc1. The van der Waals surface area contributed by atoms with Gasteiger partial charge in [0, 0.05) is 5.56 Å². The van der Waals surface area contributed by atoms with E-state index in [2.05, 4.69) is 0 Å². The number of ether oxygens (including phenoxy) is 1. The van der Waals surface area contributed by atoms with E-state index in [4.69, 9.17) is 4.74 Å². The summed E-state index contributed by atoms with van der Waals surface area (Å²) in [5.74, 6) is 1.10. The van der Waals surface area contributed by atoms with E-state index in [0.717, 1.165) is 27.6 Å². The summed E-state index contributed by atoms with van der Waals surface area (Å²) in [4.78, 5) is 0. The standard InChI is InChI=1S/C17H14O2/c1-19-14-9-6-13(7-10-14)17-15-5-3-2-4-12(15)8-11-16(17)18/h2-11,18H,1H3. The van der Waals surface area contributed by atoms with Gasteiger partial charge < -0.3 is 9.84 Å². The van der Waals surface area contributed by atoms with Gasteiger partial charge in [0.05, 0.1) is 7.11 Å². The second-order valence-corrected chi connectivity index (χ2v) is 4.41.